The minimum absolute atomic E-state index is 0.782. The topological polar surface area (TPSA) is 33.6 Å². The first-order chi connectivity index (χ1) is 4.93. The molecule has 0 aromatic carbocycles. The number of nitrogens with one attached hydrogen (secondary N) is 1. The maximum atomic E-state index is 4.95. The largest absolute Gasteiger partial charge is 0.354 e. The van der Waals surface area contributed by atoms with Crippen molar-refractivity contribution in [2.24, 2.45) is 5.16 Å². The fourth-order valence-corrected chi connectivity index (χ4v) is 0.798. The number of oxime groups is 1. The highest BCUT2D eigenvalue weighted by Gasteiger charge is 2.00. The lowest BCUT2D eigenvalue weighted by molar-refractivity contribution is 0.199. The Morgan fingerprint density at radius 2 is 2.70 bits per heavy atom. The molecule has 0 fully saturated rings. The van der Waals surface area contributed by atoms with Crippen LogP contribution in [-0.4, -0.2) is 12.8 Å². The van der Waals surface area contributed by atoms with Crippen LogP contribution in [-0.2, 0) is 4.84 Å². The molecule has 3 heteroatoms. The molecule has 0 aromatic heterocycles. The normalized spacial score (nSPS) is 18.3. The predicted molar refractivity (Wildman–Crippen MR) is 40.6 cm³/mol. The average Bonchev–Trinajstić information content (AvgIpc) is 2.03. The van der Waals surface area contributed by atoms with Gasteiger partial charge in [0, 0.05) is 12.8 Å². The van der Waals surface area contributed by atoms with Crippen LogP contribution in [0.5, 0.6) is 0 Å². The molecule has 1 rings (SSSR count). The predicted octanol–water partition coefficient (Wildman–Crippen LogP) is 1.23. The molecule has 1 heterocycles. The maximum absolute atomic E-state index is 4.95. The van der Waals surface area contributed by atoms with Crippen LogP contribution >= 0.6 is 0 Å². The molecule has 1 aliphatic heterocycles. The van der Waals surface area contributed by atoms with Gasteiger partial charge in [0.2, 0.25) is 5.88 Å². The van der Waals surface area contributed by atoms with Gasteiger partial charge in [-0.3, -0.25) is 0 Å². The van der Waals surface area contributed by atoms with Gasteiger partial charge in [-0.05, 0) is 25.8 Å². The first-order valence-corrected chi connectivity index (χ1v) is 3.52. The summed E-state index contributed by atoms with van der Waals surface area (Å²) in [6.07, 6.45) is 5.90. The second-order valence-corrected chi connectivity index (χ2v) is 2.09. The minimum Gasteiger partial charge on any atom is -0.354 e. The summed E-state index contributed by atoms with van der Waals surface area (Å²) in [6.45, 7) is 2.81. The Morgan fingerprint density at radius 1 is 1.80 bits per heavy atom. The molecule has 0 spiro atoms. The summed E-state index contributed by atoms with van der Waals surface area (Å²) in [6, 6.07) is 0. The van der Waals surface area contributed by atoms with Crippen LogP contribution in [0.2, 0.25) is 0 Å². The second-order valence-electron chi connectivity index (χ2n) is 2.09. The first kappa shape index (κ1) is 7.12. The van der Waals surface area contributed by atoms with Crippen LogP contribution < -0.4 is 5.32 Å². The van der Waals surface area contributed by atoms with Gasteiger partial charge in [0.15, 0.2) is 0 Å². The van der Waals surface area contributed by atoms with Crippen LogP contribution in [0.4, 0.5) is 0 Å². The van der Waals surface area contributed by atoms with E-state index in [1.807, 2.05) is 13.0 Å². The number of hydrogen-bond donors (Lipinski definition) is 1. The Hall–Kier alpha value is -0.990. The number of hydrogen-bond acceptors (Lipinski definition) is 3. The number of nitrogens with zero attached hydrogens (tertiary/aromatic N) is 1. The Bertz CT molecular complexity index is 152. The van der Waals surface area contributed by atoms with E-state index in [2.05, 4.69) is 10.5 Å². The molecular formula is C7H12N2O. The SMILES string of the molecule is C/C=N\OC1=CCCCN1. The van der Waals surface area contributed by atoms with Crippen LogP contribution in [0, 0.1) is 0 Å². The molecule has 0 radical (unpaired) electrons. The van der Waals surface area contributed by atoms with Gasteiger partial charge in [0.1, 0.15) is 0 Å². The molecule has 0 bridgehead atoms. The molecular weight excluding hydrogens is 128 g/mol. The molecule has 0 unspecified atom stereocenters. The zero-order chi connectivity index (χ0) is 7.23. The van der Waals surface area contributed by atoms with Crippen molar-refractivity contribution in [2.45, 2.75) is 19.8 Å². The van der Waals surface area contributed by atoms with Crippen LogP contribution in [0.15, 0.2) is 17.1 Å². The summed E-state index contributed by atoms with van der Waals surface area (Å²) in [7, 11) is 0. The van der Waals surface area contributed by atoms with E-state index < -0.39 is 0 Å². The molecule has 0 saturated carbocycles. The van der Waals surface area contributed by atoms with Crippen molar-refractivity contribution in [2.75, 3.05) is 6.54 Å². The van der Waals surface area contributed by atoms with E-state index in [1.54, 1.807) is 6.21 Å². The van der Waals surface area contributed by atoms with Crippen molar-refractivity contribution in [1.29, 1.82) is 0 Å². The van der Waals surface area contributed by atoms with Crippen molar-refractivity contribution < 1.29 is 4.84 Å². The van der Waals surface area contributed by atoms with Crippen LogP contribution in [0.3, 0.4) is 0 Å². The molecule has 56 valence electrons. The third-order valence-electron chi connectivity index (χ3n) is 1.27. The number of allylic oxidation sites excluding steroid dienone is 1. The van der Waals surface area contributed by atoms with Gasteiger partial charge in [-0.25, -0.2) is 0 Å². The maximum Gasteiger partial charge on any atom is 0.218 e. The van der Waals surface area contributed by atoms with Gasteiger partial charge < -0.3 is 10.2 Å². The molecule has 1 N–H and O–H groups in total. The summed E-state index contributed by atoms with van der Waals surface area (Å²) in [5.41, 5.74) is 0. The summed E-state index contributed by atoms with van der Waals surface area (Å²) in [4.78, 5) is 4.95. The smallest absolute Gasteiger partial charge is 0.218 e. The fraction of sp³-hybridized carbons (Fsp3) is 0.571. The average molecular weight is 140 g/mol. The van der Waals surface area contributed by atoms with E-state index in [4.69, 9.17) is 4.84 Å². The van der Waals surface area contributed by atoms with Crippen molar-refractivity contribution in [3.05, 3.63) is 12.0 Å². The molecule has 0 saturated heterocycles. The summed E-state index contributed by atoms with van der Waals surface area (Å²) < 4.78 is 0. The van der Waals surface area contributed by atoms with Crippen molar-refractivity contribution in [1.82, 2.24) is 5.32 Å². The third kappa shape index (κ3) is 2.09. The van der Waals surface area contributed by atoms with Crippen LogP contribution in [0.25, 0.3) is 0 Å². The van der Waals surface area contributed by atoms with E-state index in [0.29, 0.717) is 0 Å². The van der Waals surface area contributed by atoms with Gasteiger partial charge in [0.05, 0.1) is 0 Å². The molecule has 0 amide bonds. The van der Waals surface area contributed by atoms with Crippen molar-refractivity contribution in [3.63, 3.8) is 0 Å². The molecule has 0 aliphatic carbocycles. The molecule has 0 atom stereocenters. The minimum atomic E-state index is 0.782. The quantitative estimate of drug-likeness (QED) is 0.462. The van der Waals surface area contributed by atoms with Gasteiger partial charge in [0.25, 0.3) is 0 Å². The van der Waals surface area contributed by atoms with E-state index in [0.717, 1.165) is 18.8 Å². The lowest BCUT2D eigenvalue weighted by atomic mass is 10.2. The standard InChI is InChI=1S/C7H12N2O/c1-2-9-10-7-5-3-4-6-8-7/h2,5,8H,3-4,6H2,1H3/b9-2-. The van der Waals surface area contributed by atoms with Gasteiger partial charge in [-0.15, -0.1) is 0 Å². The third-order valence-corrected chi connectivity index (χ3v) is 1.27. The van der Waals surface area contributed by atoms with Gasteiger partial charge in [-0.1, -0.05) is 5.16 Å². The molecule has 10 heavy (non-hydrogen) atoms. The Balaban J connectivity index is 2.31. The molecule has 1 aliphatic rings. The lowest BCUT2D eigenvalue weighted by Gasteiger charge is -2.11. The summed E-state index contributed by atoms with van der Waals surface area (Å²) in [5.74, 6) is 0.782. The van der Waals surface area contributed by atoms with Crippen molar-refractivity contribution >= 4 is 6.21 Å². The van der Waals surface area contributed by atoms with Gasteiger partial charge in [-0.2, -0.15) is 0 Å². The highest BCUT2D eigenvalue weighted by atomic mass is 16.6. The van der Waals surface area contributed by atoms with Gasteiger partial charge >= 0.3 is 0 Å². The number of rotatable bonds is 2. The lowest BCUT2D eigenvalue weighted by Crippen LogP contribution is -2.19. The van der Waals surface area contributed by atoms with Crippen LogP contribution in [0.1, 0.15) is 19.8 Å². The van der Waals surface area contributed by atoms with Crippen molar-refractivity contribution in [3.8, 4) is 0 Å². The van der Waals surface area contributed by atoms with E-state index >= 15 is 0 Å². The highest BCUT2D eigenvalue weighted by Crippen LogP contribution is 2.03. The highest BCUT2D eigenvalue weighted by molar-refractivity contribution is 5.52. The summed E-state index contributed by atoms with van der Waals surface area (Å²) >= 11 is 0. The molecule has 3 nitrogen and oxygen atoms in total. The fourth-order valence-electron chi connectivity index (χ4n) is 0.798. The van der Waals surface area contributed by atoms with E-state index in [9.17, 15) is 0 Å². The first-order valence-electron chi connectivity index (χ1n) is 3.52. The zero-order valence-electron chi connectivity index (χ0n) is 6.13. The Morgan fingerprint density at radius 3 is 3.30 bits per heavy atom. The zero-order valence-corrected chi connectivity index (χ0v) is 6.13. The Labute approximate surface area is 60.7 Å². The second kappa shape index (κ2) is 3.93. The molecule has 0 aromatic rings. The van der Waals surface area contributed by atoms with E-state index in [-0.39, 0.29) is 0 Å². The Kier molecular flexibility index (Phi) is 2.80. The van der Waals surface area contributed by atoms with E-state index in [1.165, 1.54) is 6.42 Å². The monoisotopic (exact) mass is 140 g/mol. The summed E-state index contributed by atoms with van der Waals surface area (Å²) in [5, 5.41) is 6.72.